The summed E-state index contributed by atoms with van der Waals surface area (Å²) in [6.45, 7) is 2.82. The van der Waals surface area contributed by atoms with E-state index in [0.29, 0.717) is 41.2 Å². The third kappa shape index (κ3) is 6.03. The van der Waals surface area contributed by atoms with Gasteiger partial charge in [-0.3, -0.25) is 4.90 Å². The number of fused-ring (bicyclic) bond motifs is 1. The largest absolute Gasteiger partial charge is 0.475 e. The maximum absolute atomic E-state index is 13.2. The summed E-state index contributed by atoms with van der Waals surface area (Å²) in [6.07, 6.45) is 4.73. The van der Waals surface area contributed by atoms with Gasteiger partial charge in [0.05, 0.1) is 12.1 Å². The Kier molecular flexibility index (Phi) is 7.80. The van der Waals surface area contributed by atoms with E-state index in [1.54, 1.807) is 0 Å². The van der Waals surface area contributed by atoms with Crippen LogP contribution in [0.1, 0.15) is 85.9 Å². The van der Waals surface area contributed by atoms with Crippen molar-refractivity contribution in [3.8, 4) is 0 Å². The molecule has 2 heterocycles. The number of anilines is 1. The first-order valence-corrected chi connectivity index (χ1v) is 13.7. The van der Waals surface area contributed by atoms with Crippen LogP contribution in [0.2, 0.25) is 0 Å². The Bertz CT molecular complexity index is 1310. The highest BCUT2D eigenvalue weighted by Crippen LogP contribution is 2.33. The van der Waals surface area contributed by atoms with E-state index in [0.717, 1.165) is 37.8 Å². The van der Waals surface area contributed by atoms with E-state index >= 15 is 0 Å². The molecule has 0 aliphatic heterocycles. The van der Waals surface area contributed by atoms with Gasteiger partial charge in [0.15, 0.2) is 11.5 Å². The fourth-order valence-corrected chi connectivity index (χ4v) is 5.70. The van der Waals surface area contributed by atoms with Gasteiger partial charge < -0.3 is 15.0 Å². The Balaban J connectivity index is 1.57. The average Bonchev–Trinajstić information content (AvgIpc) is 3.20. The summed E-state index contributed by atoms with van der Waals surface area (Å²) in [5, 5.41) is 13.1. The molecule has 8 nitrogen and oxygen atoms in total. The Morgan fingerprint density at radius 2 is 1.77 bits per heavy atom. The van der Waals surface area contributed by atoms with Gasteiger partial charge in [-0.25, -0.2) is 19.7 Å². The number of halogens is 3. The van der Waals surface area contributed by atoms with Crippen molar-refractivity contribution in [3.63, 3.8) is 0 Å². The topological polar surface area (TPSA) is 96.2 Å². The summed E-state index contributed by atoms with van der Waals surface area (Å²) < 4.78 is 41.4. The quantitative estimate of drug-likeness (QED) is 0.343. The molecule has 0 amide bonds. The first kappa shape index (κ1) is 27.4. The fourth-order valence-electron chi connectivity index (χ4n) is 5.70. The summed E-state index contributed by atoms with van der Waals surface area (Å²) >= 11 is 0. The van der Waals surface area contributed by atoms with Crippen molar-refractivity contribution in [1.29, 1.82) is 0 Å². The van der Waals surface area contributed by atoms with Gasteiger partial charge in [-0.15, -0.1) is 0 Å². The maximum Gasteiger partial charge on any atom is 0.416 e. The number of hydrogen-bond acceptors (Lipinski definition) is 6. The van der Waals surface area contributed by atoms with E-state index in [9.17, 15) is 23.1 Å². The van der Waals surface area contributed by atoms with Crippen LogP contribution >= 0.6 is 0 Å². The molecule has 2 saturated carbocycles. The van der Waals surface area contributed by atoms with Crippen molar-refractivity contribution in [2.24, 2.45) is 5.92 Å². The average molecular weight is 545 g/mol. The number of aromatic nitrogens is 4. The molecule has 0 unspecified atom stereocenters. The van der Waals surface area contributed by atoms with E-state index in [2.05, 4.69) is 34.2 Å². The monoisotopic (exact) mass is 544 g/mol. The molecule has 2 aliphatic carbocycles. The number of carbonyl (C=O) groups is 1. The Morgan fingerprint density at radius 3 is 2.36 bits per heavy atom. The standard InChI is InChI=1S/C28H35F3N6O2/c1-17(19-7-6-8-19)32-24-23-25(35-26(34-24)27(38)39)33-22(16-36(2)21-9-4-3-5-10-21)37(23)15-18-11-13-20(14-12-18)28(29,30)31/h11-14,17,19,21H,3-10,15-16H2,1-2H3,(H,38,39)(H,32,34,35)/t17-/m1/s1. The molecular formula is C28H35F3N6O2. The van der Waals surface area contributed by atoms with Gasteiger partial charge in [-0.1, -0.05) is 37.8 Å². The predicted molar refractivity (Wildman–Crippen MR) is 142 cm³/mol. The van der Waals surface area contributed by atoms with E-state index in [1.165, 1.54) is 37.8 Å². The minimum absolute atomic E-state index is 0.0706. The van der Waals surface area contributed by atoms with E-state index < -0.39 is 17.7 Å². The number of carboxylic acids is 1. The molecule has 1 aromatic carbocycles. The van der Waals surface area contributed by atoms with Crippen molar-refractivity contribution >= 4 is 23.0 Å². The van der Waals surface area contributed by atoms with Crippen LogP contribution in [-0.4, -0.2) is 54.6 Å². The second-order valence-electron chi connectivity index (χ2n) is 11.0. The number of alkyl halides is 3. The summed E-state index contributed by atoms with van der Waals surface area (Å²) in [6, 6.07) is 5.59. The minimum atomic E-state index is -4.41. The van der Waals surface area contributed by atoms with Crippen LogP contribution in [0, 0.1) is 5.92 Å². The van der Waals surface area contributed by atoms with Crippen molar-refractivity contribution < 1.29 is 23.1 Å². The number of rotatable bonds is 9. The molecule has 11 heteroatoms. The molecule has 2 fully saturated rings. The summed E-state index contributed by atoms with van der Waals surface area (Å²) in [4.78, 5) is 27.5. The van der Waals surface area contributed by atoms with Crippen LogP contribution in [0.25, 0.3) is 11.2 Å². The molecule has 2 aromatic heterocycles. The lowest BCUT2D eigenvalue weighted by atomic mass is 9.80. The van der Waals surface area contributed by atoms with Crippen molar-refractivity contribution in [1.82, 2.24) is 24.4 Å². The van der Waals surface area contributed by atoms with Gasteiger partial charge in [0.1, 0.15) is 11.3 Å². The highest BCUT2D eigenvalue weighted by Gasteiger charge is 2.31. The first-order valence-electron chi connectivity index (χ1n) is 13.7. The Labute approximate surface area is 225 Å². The zero-order valence-electron chi connectivity index (χ0n) is 22.3. The third-order valence-electron chi connectivity index (χ3n) is 8.31. The molecule has 0 radical (unpaired) electrons. The highest BCUT2D eigenvalue weighted by atomic mass is 19.4. The maximum atomic E-state index is 13.2. The number of aromatic carboxylic acids is 1. The molecular weight excluding hydrogens is 509 g/mol. The van der Waals surface area contributed by atoms with E-state index in [-0.39, 0.29) is 24.1 Å². The molecule has 5 rings (SSSR count). The normalized spacial score (nSPS) is 17.9. The fraction of sp³-hybridized carbons (Fsp3) is 0.571. The first-order chi connectivity index (χ1) is 18.6. The number of imidazole rings is 1. The Morgan fingerprint density at radius 1 is 1.08 bits per heavy atom. The highest BCUT2D eigenvalue weighted by molar-refractivity contribution is 5.90. The molecule has 0 saturated heterocycles. The summed E-state index contributed by atoms with van der Waals surface area (Å²) in [5.41, 5.74) is 0.803. The van der Waals surface area contributed by atoms with Crippen LogP contribution in [0.15, 0.2) is 24.3 Å². The van der Waals surface area contributed by atoms with Crippen LogP contribution in [0.4, 0.5) is 19.0 Å². The SMILES string of the molecule is C[C@@H](Nc1nc(C(=O)O)nc2nc(CN(C)C3CCCCC3)n(Cc3ccc(C(F)(F)F)cc3)c12)C1CCC1. The minimum Gasteiger partial charge on any atom is -0.475 e. The van der Waals surface area contributed by atoms with Gasteiger partial charge in [-0.2, -0.15) is 13.2 Å². The molecule has 210 valence electrons. The lowest BCUT2D eigenvalue weighted by Gasteiger charge is -2.32. The lowest BCUT2D eigenvalue weighted by molar-refractivity contribution is -0.137. The van der Waals surface area contributed by atoms with Gasteiger partial charge in [0, 0.05) is 18.6 Å². The van der Waals surface area contributed by atoms with Crippen molar-refractivity contribution in [2.75, 3.05) is 12.4 Å². The van der Waals surface area contributed by atoms with Crippen LogP contribution in [0.3, 0.4) is 0 Å². The molecule has 1 atom stereocenters. The molecule has 2 aliphatic rings. The predicted octanol–water partition coefficient (Wildman–Crippen LogP) is 5.96. The third-order valence-corrected chi connectivity index (χ3v) is 8.31. The van der Waals surface area contributed by atoms with Gasteiger partial charge in [-0.05, 0) is 63.3 Å². The van der Waals surface area contributed by atoms with E-state index in [1.807, 2.05) is 4.57 Å². The smallest absolute Gasteiger partial charge is 0.416 e. The second-order valence-corrected chi connectivity index (χ2v) is 11.0. The number of nitrogens with zero attached hydrogens (tertiary/aromatic N) is 5. The molecule has 0 spiro atoms. The summed E-state index contributed by atoms with van der Waals surface area (Å²) in [7, 11) is 2.06. The zero-order chi connectivity index (χ0) is 27.7. The lowest BCUT2D eigenvalue weighted by Crippen LogP contribution is -2.34. The zero-order valence-corrected chi connectivity index (χ0v) is 22.3. The molecule has 0 bridgehead atoms. The van der Waals surface area contributed by atoms with E-state index in [4.69, 9.17) is 4.98 Å². The molecule has 39 heavy (non-hydrogen) atoms. The number of nitrogens with one attached hydrogen (secondary N) is 1. The van der Waals surface area contributed by atoms with Gasteiger partial charge in [0.2, 0.25) is 5.82 Å². The van der Waals surface area contributed by atoms with Crippen LogP contribution in [0.5, 0.6) is 0 Å². The van der Waals surface area contributed by atoms with Gasteiger partial charge >= 0.3 is 12.1 Å². The van der Waals surface area contributed by atoms with Crippen LogP contribution < -0.4 is 5.32 Å². The number of benzene rings is 1. The second kappa shape index (κ2) is 11.1. The van der Waals surface area contributed by atoms with Crippen molar-refractivity contribution in [3.05, 3.63) is 47.0 Å². The Hall–Kier alpha value is -3.21. The van der Waals surface area contributed by atoms with Gasteiger partial charge in [0.25, 0.3) is 0 Å². The summed E-state index contributed by atoms with van der Waals surface area (Å²) in [5.74, 6) is -0.0463. The number of hydrogen-bond donors (Lipinski definition) is 2. The molecule has 3 aromatic rings. The molecule has 2 N–H and O–H groups in total. The number of carboxylic acid groups (broad SMARTS) is 1. The van der Waals surface area contributed by atoms with Crippen LogP contribution in [-0.2, 0) is 19.3 Å². The van der Waals surface area contributed by atoms with Crippen molar-refractivity contribution in [2.45, 2.75) is 89.6 Å².